The zero-order valence-electron chi connectivity index (χ0n) is 29.4. The molecule has 0 aliphatic rings. The molecule has 0 amide bonds. The fourth-order valence-electron chi connectivity index (χ4n) is 8.00. The van der Waals surface area contributed by atoms with E-state index < -0.39 is 0 Å². The first-order chi connectivity index (χ1) is 26.2. The molecule has 0 fully saturated rings. The smallest absolute Gasteiger partial charge is 0.0541 e. The lowest BCUT2D eigenvalue weighted by atomic mass is 10.00. The Kier molecular flexibility index (Phi) is 7.40. The van der Waals surface area contributed by atoms with Crippen LogP contribution in [0.25, 0.3) is 89.4 Å². The molecule has 0 N–H and O–H groups in total. The van der Waals surface area contributed by atoms with E-state index in [4.69, 9.17) is 0 Å². The van der Waals surface area contributed by atoms with E-state index in [0.29, 0.717) is 0 Å². The molecule has 0 bridgehead atoms. The zero-order valence-corrected chi connectivity index (χ0v) is 29.4. The van der Waals surface area contributed by atoms with Crippen LogP contribution >= 0.6 is 0 Å². The largest absolute Gasteiger partial charge is 0.309 e. The predicted molar refractivity (Wildman–Crippen MR) is 226 cm³/mol. The van der Waals surface area contributed by atoms with E-state index in [1.807, 2.05) is 0 Å². The number of nitrogens with zero attached hydrogens (tertiary/aromatic N) is 2. The molecule has 250 valence electrons. The summed E-state index contributed by atoms with van der Waals surface area (Å²) in [6.07, 6.45) is 4.39. The number of aryl methyl sites for hydroxylation is 1. The molecule has 2 aromatic heterocycles. The van der Waals surface area contributed by atoms with E-state index in [1.54, 1.807) is 0 Å². The SMILES string of the molecule is Cc1ccccc1-n1c2ccccc2c2cc(-c3ccc(C=Cc4ccc(-c5ccc6c(c5)c5ccccc5n6-c5ccccc5)cc4)cc3)ccc21. The maximum Gasteiger partial charge on any atom is 0.0541 e. The molecular weight excluding hydrogens is 641 g/mol. The number of benzene rings is 8. The summed E-state index contributed by atoms with van der Waals surface area (Å²) in [5, 5.41) is 5.08. The second-order valence-electron chi connectivity index (χ2n) is 13.9. The maximum atomic E-state index is 2.40. The normalized spacial score (nSPS) is 11.8. The minimum Gasteiger partial charge on any atom is -0.309 e. The van der Waals surface area contributed by atoms with Crippen molar-refractivity contribution in [1.29, 1.82) is 0 Å². The fraction of sp³-hybridized carbons (Fsp3) is 0.0196. The summed E-state index contributed by atoms with van der Waals surface area (Å²) < 4.78 is 4.76. The molecule has 8 aromatic carbocycles. The van der Waals surface area contributed by atoms with E-state index in [9.17, 15) is 0 Å². The van der Waals surface area contributed by atoms with Crippen molar-refractivity contribution in [3.63, 3.8) is 0 Å². The number of fused-ring (bicyclic) bond motifs is 6. The Labute approximate surface area is 309 Å². The highest BCUT2D eigenvalue weighted by molar-refractivity contribution is 6.11. The Morgan fingerprint density at radius 2 is 0.774 bits per heavy atom. The van der Waals surface area contributed by atoms with Gasteiger partial charge in [0.1, 0.15) is 0 Å². The molecule has 2 heteroatoms. The van der Waals surface area contributed by atoms with Crippen LogP contribution < -0.4 is 0 Å². The van der Waals surface area contributed by atoms with Gasteiger partial charge >= 0.3 is 0 Å². The van der Waals surface area contributed by atoms with Gasteiger partial charge < -0.3 is 9.13 Å². The van der Waals surface area contributed by atoms with Crippen LogP contribution in [0.15, 0.2) is 188 Å². The maximum absolute atomic E-state index is 2.40. The fourth-order valence-corrected chi connectivity index (χ4v) is 8.00. The Hall–Kier alpha value is -6.90. The van der Waals surface area contributed by atoms with Crippen molar-refractivity contribution in [3.05, 3.63) is 205 Å². The summed E-state index contributed by atoms with van der Waals surface area (Å²) in [5.74, 6) is 0. The molecule has 2 nitrogen and oxygen atoms in total. The average Bonchev–Trinajstić information content (AvgIpc) is 3.73. The third kappa shape index (κ3) is 5.35. The molecule has 0 atom stereocenters. The summed E-state index contributed by atoms with van der Waals surface area (Å²) in [5.41, 5.74) is 15.8. The monoisotopic (exact) mass is 676 g/mol. The van der Waals surface area contributed by atoms with Crippen molar-refractivity contribution in [2.24, 2.45) is 0 Å². The molecule has 0 spiro atoms. The summed E-state index contributed by atoms with van der Waals surface area (Å²) in [6.45, 7) is 2.18. The quantitative estimate of drug-likeness (QED) is 0.155. The van der Waals surface area contributed by atoms with E-state index in [-0.39, 0.29) is 0 Å². The van der Waals surface area contributed by atoms with Crippen LogP contribution in [0.1, 0.15) is 16.7 Å². The van der Waals surface area contributed by atoms with Gasteiger partial charge in [0.05, 0.1) is 22.1 Å². The second kappa shape index (κ2) is 12.7. The minimum absolute atomic E-state index is 1.18. The molecule has 0 unspecified atom stereocenters. The van der Waals surface area contributed by atoms with Crippen LogP contribution in [0.4, 0.5) is 0 Å². The molecule has 0 saturated carbocycles. The van der Waals surface area contributed by atoms with E-state index >= 15 is 0 Å². The van der Waals surface area contributed by atoms with Crippen LogP contribution in [0.2, 0.25) is 0 Å². The van der Waals surface area contributed by atoms with Gasteiger partial charge in [-0.2, -0.15) is 0 Å². The topological polar surface area (TPSA) is 9.86 Å². The van der Waals surface area contributed by atoms with Gasteiger partial charge in [0.2, 0.25) is 0 Å². The number of hydrogen-bond acceptors (Lipinski definition) is 0. The Morgan fingerprint density at radius 1 is 0.340 bits per heavy atom. The molecule has 10 aromatic rings. The molecule has 0 radical (unpaired) electrons. The highest BCUT2D eigenvalue weighted by atomic mass is 15.0. The van der Waals surface area contributed by atoms with Gasteiger partial charge in [-0.25, -0.2) is 0 Å². The number of para-hydroxylation sites is 4. The second-order valence-corrected chi connectivity index (χ2v) is 13.9. The molecular formula is C51H36N2. The zero-order chi connectivity index (χ0) is 35.3. The van der Waals surface area contributed by atoms with Crippen LogP contribution in [0, 0.1) is 6.92 Å². The van der Waals surface area contributed by atoms with Crippen LogP contribution in [-0.4, -0.2) is 9.13 Å². The van der Waals surface area contributed by atoms with Crippen molar-refractivity contribution in [3.8, 4) is 33.6 Å². The Morgan fingerprint density at radius 3 is 1.34 bits per heavy atom. The molecule has 53 heavy (non-hydrogen) atoms. The van der Waals surface area contributed by atoms with E-state index in [2.05, 4.69) is 216 Å². The van der Waals surface area contributed by atoms with Crippen LogP contribution in [0.3, 0.4) is 0 Å². The Bertz CT molecular complexity index is 2980. The van der Waals surface area contributed by atoms with Gasteiger partial charge in [0, 0.05) is 32.9 Å². The van der Waals surface area contributed by atoms with Crippen molar-refractivity contribution >= 4 is 55.8 Å². The van der Waals surface area contributed by atoms with Gasteiger partial charge in [-0.1, -0.05) is 146 Å². The lowest BCUT2D eigenvalue weighted by Gasteiger charge is -2.11. The van der Waals surface area contributed by atoms with Gasteiger partial charge in [0.25, 0.3) is 0 Å². The summed E-state index contributed by atoms with van der Waals surface area (Å²) >= 11 is 0. The third-order valence-corrected chi connectivity index (χ3v) is 10.7. The standard InChI is InChI=1S/C51H36N2/c1-35-11-5-8-16-47(35)53-49-18-10-7-15-44(49)46-34-41(30-32-51(46)53)39-27-23-37(24-28-39)20-19-36-21-25-38(26-22-36)40-29-31-50-45(33-40)43-14-6-9-17-48(43)52(50)42-12-3-2-4-13-42/h2-34H,1H3. The van der Waals surface area contributed by atoms with Gasteiger partial charge in [-0.05, 0) is 100 Å². The number of aromatic nitrogens is 2. The van der Waals surface area contributed by atoms with Crippen LogP contribution in [-0.2, 0) is 0 Å². The average molecular weight is 677 g/mol. The summed E-state index contributed by atoms with van der Waals surface area (Å²) in [7, 11) is 0. The van der Waals surface area contributed by atoms with Crippen molar-refractivity contribution < 1.29 is 0 Å². The Balaban J connectivity index is 0.908. The number of rotatable bonds is 6. The van der Waals surface area contributed by atoms with Gasteiger partial charge in [0.15, 0.2) is 0 Å². The highest BCUT2D eigenvalue weighted by Gasteiger charge is 2.15. The summed E-state index contributed by atoms with van der Waals surface area (Å²) in [4.78, 5) is 0. The molecule has 0 aliphatic heterocycles. The van der Waals surface area contributed by atoms with Gasteiger partial charge in [-0.15, -0.1) is 0 Å². The lowest BCUT2D eigenvalue weighted by molar-refractivity contribution is 1.15. The minimum atomic E-state index is 1.18. The molecule has 2 heterocycles. The first-order valence-corrected chi connectivity index (χ1v) is 18.3. The van der Waals surface area contributed by atoms with E-state index in [1.165, 1.54) is 93.9 Å². The molecule has 10 rings (SSSR count). The van der Waals surface area contributed by atoms with E-state index in [0.717, 1.165) is 0 Å². The van der Waals surface area contributed by atoms with Crippen molar-refractivity contribution in [2.45, 2.75) is 6.92 Å². The lowest BCUT2D eigenvalue weighted by Crippen LogP contribution is -1.96. The van der Waals surface area contributed by atoms with Gasteiger partial charge in [-0.3, -0.25) is 0 Å². The van der Waals surface area contributed by atoms with Crippen LogP contribution in [0.5, 0.6) is 0 Å². The van der Waals surface area contributed by atoms with Crippen molar-refractivity contribution in [1.82, 2.24) is 9.13 Å². The molecule has 0 saturated heterocycles. The first-order valence-electron chi connectivity index (χ1n) is 18.3. The predicted octanol–water partition coefficient (Wildman–Crippen LogP) is 13.7. The number of hydrogen-bond donors (Lipinski definition) is 0. The third-order valence-electron chi connectivity index (χ3n) is 10.7. The highest BCUT2D eigenvalue weighted by Crippen LogP contribution is 2.37. The summed E-state index contributed by atoms with van der Waals surface area (Å²) in [6, 6.07) is 68.1. The first kappa shape index (κ1) is 30.9. The van der Waals surface area contributed by atoms with Crippen molar-refractivity contribution in [2.75, 3.05) is 0 Å². The molecule has 0 aliphatic carbocycles.